The van der Waals surface area contributed by atoms with E-state index < -0.39 is 10.2 Å². The summed E-state index contributed by atoms with van der Waals surface area (Å²) in [4.78, 5) is 0. The molecule has 0 heterocycles. The van der Waals surface area contributed by atoms with Gasteiger partial charge in [-0.15, -0.1) is 0 Å². The van der Waals surface area contributed by atoms with Crippen LogP contribution in [0.2, 0.25) is 0 Å². The molecule has 0 unspecified atom stereocenters. The molecule has 0 rings (SSSR count). The molecule has 0 aromatic heterocycles. The van der Waals surface area contributed by atoms with Crippen molar-refractivity contribution in [3.63, 3.8) is 0 Å². The maximum atomic E-state index is 12.2. The summed E-state index contributed by atoms with van der Waals surface area (Å²) >= 11 is 0. The SMILES string of the molecule is CCC(C)(CC)NS(=O)(=O)N(C)CCCNC(C)C. The predicted octanol–water partition coefficient (Wildman–Crippen LogP) is 1.72. The molecule has 0 bridgehead atoms. The lowest BCUT2D eigenvalue weighted by Gasteiger charge is -2.30. The van der Waals surface area contributed by atoms with E-state index in [-0.39, 0.29) is 5.54 Å². The van der Waals surface area contributed by atoms with Crippen molar-refractivity contribution in [2.45, 2.75) is 65.5 Å². The Labute approximate surface area is 119 Å². The maximum Gasteiger partial charge on any atom is 0.279 e. The summed E-state index contributed by atoms with van der Waals surface area (Å²) in [7, 11) is -1.76. The average molecular weight is 293 g/mol. The normalized spacial score (nSPS) is 13.5. The second kappa shape index (κ2) is 8.19. The molecule has 5 nitrogen and oxygen atoms in total. The Hall–Kier alpha value is -0.170. The molecule has 6 heteroatoms. The standard InChI is InChI=1S/C13H31N3O2S/c1-7-13(5,8-2)15-19(17,18)16(6)11-9-10-14-12(3)4/h12,14-15H,7-11H2,1-6H3. The molecule has 116 valence electrons. The average Bonchev–Trinajstić information content (AvgIpc) is 2.33. The highest BCUT2D eigenvalue weighted by molar-refractivity contribution is 7.87. The lowest BCUT2D eigenvalue weighted by molar-refractivity contribution is 0.363. The zero-order valence-electron chi connectivity index (χ0n) is 13.3. The van der Waals surface area contributed by atoms with Crippen molar-refractivity contribution in [1.29, 1.82) is 0 Å². The summed E-state index contributed by atoms with van der Waals surface area (Å²) in [5.41, 5.74) is -0.358. The molecule has 2 N–H and O–H groups in total. The zero-order valence-corrected chi connectivity index (χ0v) is 14.1. The number of hydrogen-bond donors (Lipinski definition) is 2. The van der Waals surface area contributed by atoms with Crippen LogP contribution in [0.1, 0.15) is 53.9 Å². The Kier molecular flexibility index (Phi) is 8.12. The molecule has 0 spiro atoms. The van der Waals surface area contributed by atoms with Gasteiger partial charge in [-0.3, -0.25) is 0 Å². The Morgan fingerprint density at radius 3 is 2.16 bits per heavy atom. The van der Waals surface area contributed by atoms with E-state index in [4.69, 9.17) is 0 Å². The van der Waals surface area contributed by atoms with Gasteiger partial charge < -0.3 is 5.32 Å². The van der Waals surface area contributed by atoms with E-state index in [0.29, 0.717) is 12.6 Å². The minimum absolute atomic E-state index is 0.358. The lowest BCUT2D eigenvalue weighted by atomic mass is 9.98. The monoisotopic (exact) mass is 293 g/mol. The summed E-state index contributed by atoms with van der Waals surface area (Å²) in [6.07, 6.45) is 2.38. The van der Waals surface area contributed by atoms with Gasteiger partial charge >= 0.3 is 0 Å². The molecule has 0 fully saturated rings. The number of rotatable bonds is 10. The van der Waals surface area contributed by atoms with Gasteiger partial charge in [0.25, 0.3) is 10.2 Å². The highest BCUT2D eigenvalue weighted by Crippen LogP contribution is 2.16. The zero-order chi connectivity index (χ0) is 15.1. The van der Waals surface area contributed by atoms with Crippen molar-refractivity contribution in [2.75, 3.05) is 20.1 Å². The summed E-state index contributed by atoms with van der Waals surface area (Å²) in [5.74, 6) is 0. The smallest absolute Gasteiger partial charge is 0.279 e. The first-order valence-corrected chi connectivity index (χ1v) is 8.59. The third-order valence-corrected chi connectivity index (χ3v) is 5.30. The van der Waals surface area contributed by atoms with Gasteiger partial charge in [0.1, 0.15) is 0 Å². The van der Waals surface area contributed by atoms with Crippen LogP contribution in [0.25, 0.3) is 0 Å². The Morgan fingerprint density at radius 1 is 1.21 bits per heavy atom. The minimum atomic E-state index is -3.39. The van der Waals surface area contributed by atoms with Gasteiger partial charge in [-0.25, -0.2) is 0 Å². The van der Waals surface area contributed by atoms with Crippen LogP contribution in [0.15, 0.2) is 0 Å². The summed E-state index contributed by atoms with van der Waals surface area (Å²) < 4.78 is 28.6. The van der Waals surface area contributed by atoms with Crippen LogP contribution in [0.4, 0.5) is 0 Å². The molecule has 19 heavy (non-hydrogen) atoms. The van der Waals surface area contributed by atoms with E-state index in [1.165, 1.54) is 4.31 Å². The quantitative estimate of drug-likeness (QED) is 0.603. The van der Waals surface area contributed by atoms with Gasteiger partial charge in [-0.05, 0) is 32.7 Å². The molecule has 0 aliphatic carbocycles. The fraction of sp³-hybridized carbons (Fsp3) is 1.00. The van der Waals surface area contributed by atoms with Crippen molar-refractivity contribution in [3.05, 3.63) is 0 Å². The van der Waals surface area contributed by atoms with Crippen molar-refractivity contribution < 1.29 is 8.42 Å². The van der Waals surface area contributed by atoms with Crippen LogP contribution < -0.4 is 10.0 Å². The predicted molar refractivity (Wildman–Crippen MR) is 81.4 cm³/mol. The Bertz CT molecular complexity index is 338. The lowest BCUT2D eigenvalue weighted by Crippen LogP contribution is -2.50. The topological polar surface area (TPSA) is 61.4 Å². The first kappa shape index (κ1) is 18.8. The van der Waals surface area contributed by atoms with Crippen LogP contribution in [0.5, 0.6) is 0 Å². The molecule has 0 amide bonds. The van der Waals surface area contributed by atoms with E-state index in [2.05, 4.69) is 23.9 Å². The number of nitrogens with zero attached hydrogens (tertiary/aromatic N) is 1. The Balaban J connectivity index is 4.32. The molecule has 0 aliphatic heterocycles. The van der Waals surface area contributed by atoms with E-state index in [1.807, 2.05) is 20.8 Å². The fourth-order valence-corrected chi connectivity index (χ4v) is 3.03. The van der Waals surface area contributed by atoms with Gasteiger partial charge in [0.05, 0.1) is 0 Å². The third kappa shape index (κ3) is 7.25. The number of hydrogen-bond acceptors (Lipinski definition) is 3. The van der Waals surface area contributed by atoms with Gasteiger partial charge in [0, 0.05) is 25.2 Å². The van der Waals surface area contributed by atoms with Crippen LogP contribution in [-0.2, 0) is 10.2 Å². The molecule has 0 saturated carbocycles. The van der Waals surface area contributed by atoms with Crippen molar-refractivity contribution >= 4 is 10.2 Å². The molecule has 0 atom stereocenters. The molecule has 0 aromatic rings. The number of nitrogens with one attached hydrogen (secondary N) is 2. The van der Waals surface area contributed by atoms with E-state index in [0.717, 1.165) is 25.8 Å². The maximum absolute atomic E-state index is 12.2. The second-order valence-corrected chi connectivity index (χ2v) is 7.44. The van der Waals surface area contributed by atoms with Gasteiger partial charge in [0.15, 0.2) is 0 Å². The van der Waals surface area contributed by atoms with Gasteiger partial charge in [-0.2, -0.15) is 17.4 Å². The first-order chi connectivity index (χ1) is 8.67. The second-order valence-electron chi connectivity index (χ2n) is 5.66. The molecule has 0 aromatic carbocycles. The molecule has 0 radical (unpaired) electrons. The van der Waals surface area contributed by atoms with Crippen LogP contribution in [-0.4, -0.2) is 44.4 Å². The molecule has 0 aliphatic rings. The van der Waals surface area contributed by atoms with E-state index in [9.17, 15) is 8.42 Å². The molecular weight excluding hydrogens is 262 g/mol. The highest BCUT2D eigenvalue weighted by atomic mass is 32.2. The van der Waals surface area contributed by atoms with Crippen LogP contribution >= 0.6 is 0 Å². The van der Waals surface area contributed by atoms with Gasteiger partial charge in [-0.1, -0.05) is 27.7 Å². The molecule has 0 saturated heterocycles. The Morgan fingerprint density at radius 2 is 1.74 bits per heavy atom. The minimum Gasteiger partial charge on any atom is -0.314 e. The fourth-order valence-electron chi connectivity index (χ4n) is 1.60. The van der Waals surface area contributed by atoms with Crippen molar-refractivity contribution in [1.82, 2.24) is 14.3 Å². The largest absolute Gasteiger partial charge is 0.314 e. The van der Waals surface area contributed by atoms with Crippen LogP contribution in [0, 0.1) is 0 Å². The third-order valence-electron chi connectivity index (χ3n) is 3.55. The van der Waals surface area contributed by atoms with Crippen molar-refractivity contribution in [2.24, 2.45) is 0 Å². The summed E-state index contributed by atoms with van der Waals surface area (Å²) in [6, 6.07) is 0.434. The highest BCUT2D eigenvalue weighted by Gasteiger charge is 2.28. The van der Waals surface area contributed by atoms with Gasteiger partial charge in [0.2, 0.25) is 0 Å². The first-order valence-electron chi connectivity index (χ1n) is 7.15. The summed E-state index contributed by atoms with van der Waals surface area (Å²) in [5, 5.41) is 3.28. The van der Waals surface area contributed by atoms with E-state index >= 15 is 0 Å². The van der Waals surface area contributed by atoms with Crippen LogP contribution in [0.3, 0.4) is 0 Å². The van der Waals surface area contributed by atoms with Crippen molar-refractivity contribution in [3.8, 4) is 0 Å². The summed E-state index contributed by atoms with van der Waals surface area (Å²) in [6.45, 7) is 11.5. The van der Waals surface area contributed by atoms with E-state index in [1.54, 1.807) is 7.05 Å². The molecular formula is C13H31N3O2S.